The van der Waals surface area contributed by atoms with Crippen LogP contribution in [0.1, 0.15) is 16.7 Å². The van der Waals surface area contributed by atoms with E-state index in [-0.39, 0.29) is 0 Å². The average Bonchev–Trinajstić information content (AvgIpc) is 2.64. The number of carboxylic acid groups (broad SMARTS) is 1. The van der Waals surface area contributed by atoms with Crippen LogP contribution in [-0.4, -0.2) is 11.1 Å². The van der Waals surface area contributed by atoms with Crippen molar-refractivity contribution in [2.75, 3.05) is 0 Å². The SMILES string of the molecule is Cc1ccc(S/C(C(=O)O)=C(/c2ccccc2)c2cccc(Br)c2)cc1. The first-order valence-corrected chi connectivity index (χ1v) is 9.69. The van der Waals surface area contributed by atoms with Crippen molar-refractivity contribution in [2.45, 2.75) is 11.8 Å². The minimum absolute atomic E-state index is 0.304. The minimum Gasteiger partial charge on any atom is -0.477 e. The van der Waals surface area contributed by atoms with Gasteiger partial charge in [0.1, 0.15) is 4.91 Å². The molecular formula is C22H17BrO2S. The predicted octanol–water partition coefficient (Wildman–Crippen LogP) is 6.39. The Morgan fingerprint density at radius 1 is 0.885 bits per heavy atom. The van der Waals surface area contributed by atoms with Crippen LogP contribution in [0.4, 0.5) is 0 Å². The summed E-state index contributed by atoms with van der Waals surface area (Å²) < 4.78 is 0.911. The molecule has 0 bridgehead atoms. The van der Waals surface area contributed by atoms with Gasteiger partial charge >= 0.3 is 5.97 Å². The van der Waals surface area contributed by atoms with E-state index in [1.54, 1.807) is 0 Å². The molecule has 26 heavy (non-hydrogen) atoms. The van der Waals surface area contributed by atoms with Gasteiger partial charge in [-0.05, 0) is 42.3 Å². The number of carboxylic acids is 1. The highest BCUT2D eigenvalue weighted by atomic mass is 79.9. The molecule has 0 fully saturated rings. The summed E-state index contributed by atoms with van der Waals surface area (Å²) in [7, 11) is 0. The maximum atomic E-state index is 12.2. The zero-order valence-electron chi connectivity index (χ0n) is 14.1. The summed E-state index contributed by atoms with van der Waals surface area (Å²) in [6, 6.07) is 25.3. The molecule has 3 aromatic carbocycles. The van der Waals surface area contributed by atoms with Gasteiger partial charge in [0.05, 0.1) is 0 Å². The van der Waals surface area contributed by atoms with Gasteiger partial charge in [-0.25, -0.2) is 4.79 Å². The first kappa shape index (κ1) is 18.5. The second kappa shape index (κ2) is 8.39. The molecule has 0 saturated heterocycles. The summed E-state index contributed by atoms with van der Waals surface area (Å²) in [6.45, 7) is 2.01. The lowest BCUT2D eigenvalue weighted by Gasteiger charge is -2.14. The van der Waals surface area contributed by atoms with Crippen LogP contribution in [-0.2, 0) is 4.79 Å². The van der Waals surface area contributed by atoms with E-state index in [0.717, 1.165) is 26.1 Å². The highest BCUT2D eigenvalue weighted by Gasteiger charge is 2.19. The van der Waals surface area contributed by atoms with Crippen molar-refractivity contribution in [3.63, 3.8) is 0 Å². The molecule has 0 unspecified atom stereocenters. The van der Waals surface area contributed by atoms with E-state index >= 15 is 0 Å². The molecule has 3 rings (SSSR count). The van der Waals surface area contributed by atoms with Crippen molar-refractivity contribution in [3.05, 3.63) is 105 Å². The van der Waals surface area contributed by atoms with Gasteiger partial charge in [-0.15, -0.1) is 0 Å². The Bertz CT molecular complexity index is 947. The summed E-state index contributed by atoms with van der Waals surface area (Å²) in [5.74, 6) is -0.936. The van der Waals surface area contributed by atoms with Crippen LogP contribution < -0.4 is 0 Å². The minimum atomic E-state index is -0.936. The number of aryl methyl sites for hydroxylation is 1. The number of aliphatic carboxylic acids is 1. The number of benzene rings is 3. The number of thioether (sulfide) groups is 1. The summed E-state index contributed by atoms with van der Waals surface area (Å²) in [5, 5.41) is 9.96. The van der Waals surface area contributed by atoms with E-state index in [1.807, 2.05) is 85.8 Å². The molecular weight excluding hydrogens is 408 g/mol. The van der Waals surface area contributed by atoms with Gasteiger partial charge < -0.3 is 5.11 Å². The van der Waals surface area contributed by atoms with Crippen LogP contribution in [0.3, 0.4) is 0 Å². The maximum Gasteiger partial charge on any atom is 0.343 e. The molecule has 0 aromatic heterocycles. The Kier molecular flexibility index (Phi) is 5.96. The van der Waals surface area contributed by atoms with Gasteiger partial charge in [-0.3, -0.25) is 0 Å². The van der Waals surface area contributed by atoms with Crippen LogP contribution in [0.2, 0.25) is 0 Å². The number of rotatable bonds is 5. The fourth-order valence-corrected chi connectivity index (χ4v) is 3.94. The standard InChI is InChI=1S/C22H17BrO2S/c1-15-10-12-19(13-11-15)26-21(22(24)25)20(16-6-3-2-4-7-16)17-8-5-9-18(23)14-17/h2-14H,1H3,(H,24,25)/b21-20-. The largest absolute Gasteiger partial charge is 0.477 e. The van der Waals surface area contributed by atoms with Crippen molar-refractivity contribution < 1.29 is 9.90 Å². The lowest BCUT2D eigenvalue weighted by atomic mass is 9.97. The Balaban J connectivity index is 2.20. The van der Waals surface area contributed by atoms with Crippen molar-refractivity contribution >= 4 is 39.2 Å². The molecule has 0 radical (unpaired) electrons. The molecule has 0 aliphatic carbocycles. The third-order valence-corrected chi connectivity index (χ3v) is 5.42. The molecule has 0 amide bonds. The first-order chi connectivity index (χ1) is 12.5. The summed E-state index contributed by atoms with van der Waals surface area (Å²) in [5.41, 5.74) is 3.60. The van der Waals surface area contributed by atoms with Crippen LogP contribution in [0.15, 0.2) is 93.1 Å². The van der Waals surface area contributed by atoms with Gasteiger partial charge in [0.15, 0.2) is 0 Å². The second-order valence-electron chi connectivity index (χ2n) is 5.80. The fraction of sp³-hybridized carbons (Fsp3) is 0.0455. The molecule has 0 spiro atoms. The van der Waals surface area contributed by atoms with Crippen molar-refractivity contribution in [1.82, 2.24) is 0 Å². The normalized spacial score (nSPS) is 11.8. The predicted molar refractivity (Wildman–Crippen MR) is 111 cm³/mol. The topological polar surface area (TPSA) is 37.3 Å². The van der Waals surface area contributed by atoms with Crippen LogP contribution in [0.25, 0.3) is 5.57 Å². The summed E-state index contributed by atoms with van der Waals surface area (Å²) in [6.07, 6.45) is 0. The Morgan fingerprint density at radius 3 is 2.15 bits per heavy atom. The van der Waals surface area contributed by atoms with E-state index in [4.69, 9.17) is 0 Å². The monoisotopic (exact) mass is 424 g/mol. The molecule has 130 valence electrons. The van der Waals surface area contributed by atoms with Crippen LogP contribution >= 0.6 is 27.7 Å². The van der Waals surface area contributed by atoms with E-state index in [1.165, 1.54) is 11.8 Å². The van der Waals surface area contributed by atoms with Gasteiger partial charge in [0, 0.05) is 14.9 Å². The number of halogens is 1. The number of hydrogen-bond donors (Lipinski definition) is 1. The molecule has 0 aliphatic rings. The molecule has 4 heteroatoms. The van der Waals surface area contributed by atoms with E-state index in [2.05, 4.69) is 15.9 Å². The van der Waals surface area contributed by atoms with Crippen molar-refractivity contribution in [2.24, 2.45) is 0 Å². The molecule has 3 aromatic rings. The summed E-state index contributed by atoms with van der Waals surface area (Å²) in [4.78, 5) is 13.4. The van der Waals surface area contributed by atoms with Gasteiger partial charge in [0.25, 0.3) is 0 Å². The Morgan fingerprint density at radius 2 is 1.54 bits per heavy atom. The molecule has 0 atom stereocenters. The van der Waals surface area contributed by atoms with E-state index in [9.17, 15) is 9.90 Å². The summed E-state index contributed by atoms with van der Waals surface area (Å²) >= 11 is 4.76. The average molecular weight is 425 g/mol. The third kappa shape index (κ3) is 4.45. The highest BCUT2D eigenvalue weighted by Crippen LogP contribution is 2.37. The zero-order valence-corrected chi connectivity index (χ0v) is 16.5. The lowest BCUT2D eigenvalue weighted by molar-refractivity contribution is -0.131. The lowest BCUT2D eigenvalue weighted by Crippen LogP contribution is -2.03. The van der Waals surface area contributed by atoms with Crippen LogP contribution in [0, 0.1) is 6.92 Å². The molecule has 1 N–H and O–H groups in total. The van der Waals surface area contributed by atoms with Crippen molar-refractivity contribution in [1.29, 1.82) is 0 Å². The quantitative estimate of drug-likeness (QED) is 0.380. The smallest absolute Gasteiger partial charge is 0.343 e. The van der Waals surface area contributed by atoms with E-state index in [0.29, 0.717) is 10.5 Å². The molecule has 0 heterocycles. The van der Waals surface area contributed by atoms with Gasteiger partial charge in [-0.2, -0.15) is 0 Å². The van der Waals surface area contributed by atoms with E-state index < -0.39 is 5.97 Å². The third-order valence-electron chi connectivity index (χ3n) is 3.84. The Labute approximate surface area is 165 Å². The highest BCUT2D eigenvalue weighted by molar-refractivity contribution is 9.10. The Hall–Kier alpha value is -2.30. The second-order valence-corrected chi connectivity index (χ2v) is 7.80. The van der Waals surface area contributed by atoms with Crippen molar-refractivity contribution in [3.8, 4) is 0 Å². The first-order valence-electron chi connectivity index (χ1n) is 8.08. The molecule has 0 aliphatic heterocycles. The van der Waals surface area contributed by atoms with Gasteiger partial charge in [-0.1, -0.05) is 87.9 Å². The number of hydrogen-bond acceptors (Lipinski definition) is 2. The molecule has 0 saturated carbocycles. The van der Waals surface area contributed by atoms with Crippen LogP contribution in [0.5, 0.6) is 0 Å². The fourth-order valence-electron chi connectivity index (χ4n) is 2.60. The number of carbonyl (C=O) groups is 1. The molecule has 2 nitrogen and oxygen atoms in total. The van der Waals surface area contributed by atoms with Gasteiger partial charge in [0.2, 0.25) is 0 Å². The maximum absolute atomic E-state index is 12.2. The zero-order chi connectivity index (χ0) is 18.5.